The van der Waals surface area contributed by atoms with Gasteiger partial charge in [0.15, 0.2) is 0 Å². The summed E-state index contributed by atoms with van der Waals surface area (Å²) in [6.07, 6.45) is 3.41. The van der Waals surface area contributed by atoms with Gasteiger partial charge in [0.05, 0.1) is 11.3 Å². The second-order valence-electron chi connectivity index (χ2n) is 5.55. The Morgan fingerprint density at radius 1 is 1.12 bits per heavy atom. The second kappa shape index (κ2) is 6.66. The maximum Gasteiger partial charge on any atom is 0.255 e. The van der Waals surface area contributed by atoms with Crippen LogP contribution in [0.4, 0.5) is 5.69 Å². The standard InChI is InChI=1S/C16H20N4O3S/c1-17-24(22,23)15-5-3-2-4-14(15)19-8-10-20(11-9-19)16(21)13-6-7-18-12-13/h2-7,12,17-18H,8-11H2,1H3. The van der Waals surface area contributed by atoms with Crippen molar-refractivity contribution >= 4 is 21.6 Å². The normalized spacial score (nSPS) is 15.5. The van der Waals surface area contributed by atoms with Crippen LogP contribution in [0.2, 0.25) is 0 Å². The highest BCUT2D eigenvalue weighted by Crippen LogP contribution is 2.26. The van der Waals surface area contributed by atoms with Crippen LogP contribution in [-0.4, -0.2) is 57.4 Å². The van der Waals surface area contributed by atoms with Gasteiger partial charge in [-0.1, -0.05) is 12.1 Å². The second-order valence-corrected chi connectivity index (χ2v) is 7.41. The molecule has 3 rings (SSSR count). The van der Waals surface area contributed by atoms with Gasteiger partial charge >= 0.3 is 0 Å². The average Bonchev–Trinajstić information content (AvgIpc) is 3.16. The smallest absolute Gasteiger partial charge is 0.255 e. The Morgan fingerprint density at radius 3 is 2.46 bits per heavy atom. The van der Waals surface area contributed by atoms with Crippen LogP contribution in [0, 0.1) is 0 Å². The highest BCUT2D eigenvalue weighted by molar-refractivity contribution is 7.89. The summed E-state index contributed by atoms with van der Waals surface area (Å²) in [6, 6.07) is 8.68. The molecule has 0 aliphatic carbocycles. The Bertz CT molecular complexity index is 810. The SMILES string of the molecule is CNS(=O)(=O)c1ccccc1N1CCN(C(=O)c2cc[nH]c2)CC1. The van der Waals surface area contributed by atoms with Crippen molar-refractivity contribution in [3.63, 3.8) is 0 Å². The maximum atomic E-state index is 12.4. The van der Waals surface area contributed by atoms with Gasteiger partial charge < -0.3 is 14.8 Å². The Labute approximate surface area is 141 Å². The number of piperazine rings is 1. The number of anilines is 1. The number of amides is 1. The van der Waals surface area contributed by atoms with Gasteiger partial charge in [0.2, 0.25) is 10.0 Å². The van der Waals surface area contributed by atoms with E-state index in [0.717, 1.165) is 0 Å². The zero-order valence-corrected chi connectivity index (χ0v) is 14.2. The van der Waals surface area contributed by atoms with E-state index in [0.29, 0.717) is 37.4 Å². The van der Waals surface area contributed by atoms with Crippen LogP contribution in [0.15, 0.2) is 47.6 Å². The summed E-state index contributed by atoms with van der Waals surface area (Å²) < 4.78 is 26.7. The molecule has 128 valence electrons. The minimum absolute atomic E-state index is 0.00738. The Balaban J connectivity index is 1.75. The lowest BCUT2D eigenvalue weighted by atomic mass is 10.2. The number of nitrogens with one attached hydrogen (secondary N) is 2. The predicted octanol–water partition coefficient (Wildman–Crippen LogP) is 0.885. The predicted molar refractivity (Wildman–Crippen MR) is 91.6 cm³/mol. The van der Waals surface area contributed by atoms with Gasteiger partial charge in [0.25, 0.3) is 5.91 Å². The number of hydrogen-bond donors (Lipinski definition) is 2. The highest BCUT2D eigenvalue weighted by Gasteiger charge is 2.26. The fourth-order valence-corrected chi connectivity index (χ4v) is 3.80. The van der Waals surface area contributed by atoms with Crippen LogP contribution in [0.5, 0.6) is 0 Å². The zero-order valence-electron chi connectivity index (χ0n) is 13.4. The summed E-state index contributed by atoms with van der Waals surface area (Å²) in [5.41, 5.74) is 1.31. The topological polar surface area (TPSA) is 85.5 Å². The third-order valence-corrected chi connectivity index (χ3v) is 5.64. The molecule has 1 aliphatic rings. The molecule has 1 fully saturated rings. The number of sulfonamides is 1. The number of carbonyl (C=O) groups is 1. The van der Waals surface area contributed by atoms with Crippen molar-refractivity contribution in [3.05, 3.63) is 48.3 Å². The Hall–Kier alpha value is -2.32. The number of carbonyl (C=O) groups excluding carboxylic acids is 1. The molecule has 1 amide bonds. The molecule has 2 aromatic rings. The van der Waals surface area contributed by atoms with E-state index in [-0.39, 0.29) is 10.8 Å². The third kappa shape index (κ3) is 3.15. The summed E-state index contributed by atoms with van der Waals surface area (Å²) in [7, 11) is -2.12. The molecule has 2 N–H and O–H groups in total. The van der Waals surface area contributed by atoms with E-state index < -0.39 is 10.0 Å². The quantitative estimate of drug-likeness (QED) is 0.859. The summed E-state index contributed by atoms with van der Waals surface area (Å²) in [5.74, 6) is -0.00738. The first-order chi connectivity index (χ1) is 11.5. The van der Waals surface area contributed by atoms with Gasteiger partial charge in [-0.3, -0.25) is 4.79 Å². The lowest BCUT2D eigenvalue weighted by Gasteiger charge is -2.36. The molecule has 7 nitrogen and oxygen atoms in total. The lowest BCUT2D eigenvalue weighted by Crippen LogP contribution is -2.49. The van der Waals surface area contributed by atoms with E-state index >= 15 is 0 Å². The van der Waals surface area contributed by atoms with Crippen molar-refractivity contribution in [2.45, 2.75) is 4.90 Å². The van der Waals surface area contributed by atoms with Gasteiger partial charge in [-0.2, -0.15) is 0 Å². The molecule has 0 saturated carbocycles. The minimum atomic E-state index is -3.52. The van der Waals surface area contributed by atoms with E-state index in [1.165, 1.54) is 7.05 Å². The van der Waals surface area contributed by atoms with Gasteiger partial charge in [-0.05, 0) is 25.2 Å². The molecule has 1 saturated heterocycles. The van der Waals surface area contributed by atoms with Crippen LogP contribution in [-0.2, 0) is 10.0 Å². The number of benzene rings is 1. The van der Waals surface area contributed by atoms with Crippen molar-refractivity contribution in [2.75, 3.05) is 38.1 Å². The van der Waals surface area contributed by atoms with E-state index in [4.69, 9.17) is 0 Å². The number of nitrogens with zero attached hydrogens (tertiary/aromatic N) is 2. The Kier molecular flexibility index (Phi) is 4.59. The molecule has 1 aromatic heterocycles. The highest BCUT2D eigenvalue weighted by atomic mass is 32.2. The summed E-state index contributed by atoms with van der Waals surface area (Å²) in [4.78, 5) is 19.3. The average molecular weight is 348 g/mol. The fraction of sp³-hybridized carbons (Fsp3) is 0.312. The van der Waals surface area contributed by atoms with E-state index in [9.17, 15) is 13.2 Å². The number of para-hydroxylation sites is 1. The molecule has 8 heteroatoms. The van der Waals surface area contributed by atoms with Crippen LogP contribution < -0.4 is 9.62 Å². The molecule has 0 atom stereocenters. The van der Waals surface area contributed by atoms with Crippen LogP contribution in [0.3, 0.4) is 0 Å². The molecular weight excluding hydrogens is 328 g/mol. The molecule has 24 heavy (non-hydrogen) atoms. The zero-order chi connectivity index (χ0) is 17.2. The van der Waals surface area contributed by atoms with Crippen molar-refractivity contribution in [1.82, 2.24) is 14.6 Å². The van der Waals surface area contributed by atoms with E-state index in [1.54, 1.807) is 41.6 Å². The van der Waals surface area contributed by atoms with Crippen molar-refractivity contribution in [2.24, 2.45) is 0 Å². The third-order valence-electron chi connectivity index (χ3n) is 4.18. The summed E-state index contributed by atoms with van der Waals surface area (Å²) >= 11 is 0. The maximum absolute atomic E-state index is 12.4. The number of rotatable bonds is 4. The minimum Gasteiger partial charge on any atom is -0.367 e. The lowest BCUT2D eigenvalue weighted by molar-refractivity contribution is 0.0747. The van der Waals surface area contributed by atoms with Crippen LogP contribution in [0.25, 0.3) is 0 Å². The summed E-state index contributed by atoms with van der Waals surface area (Å²) in [6.45, 7) is 2.29. The molecule has 0 bridgehead atoms. The molecular formula is C16H20N4O3S. The number of aromatic amines is 1. The Morgan fingerprint density at radius 2 is 1.83 bits per heavy atom. The van der Waals surface area contributed by atoms with Crippen LogP contribution >= 0.6 is 0 Å². The van der Waals surface area contributed by atoms with E-state index in [2.05, 4.69) is 9.71 Å². The molecule has 1 aliphatic heterocycles. The number of aromatic nitrogens is 1. The molecule has 0 unspecified atom stereocenters. The largest absolute Gasteiger partial charge is 0.367 e. The monoisotopic (exact) mass is 348 g/mol. The fourth-order valence-electron chi connectivity index (χ4n) is 2.85. The molecule has 0 spiro atoms. The van der Waals surface area contributed by atoms with Gasteiger partial charge in [0, 0.05) is 38.6 Å². The van der Waals surface area contributed by atoms with Crippen molar-refractivity contribution in [3.8, 4) is 0 Å². The first-order valence-electron chi connectivity index (χ1n) is 7.72. The van der Waals surface area contributed by atoms with Gasteiger partial charge in [-0.25, -0.2) is 13.1 Å². The first kappa shape index (κ1) is 16.5. The van der Waals surface area contributed by atoms with Gasteiger partial charge in [0.1, 0.15) is 4.90 Å². The summed E-state index contributed by atoms with van der Waals surface area (Å²) in [5, 5.41) is 0. The molecule has 2 heterocycles. The van der Waals surface area contributed by atoms with Crippen molar-refractivity contribution < 1.29 is 13.2 Å². The molecule has 0 radical (unpaired) electrons. The first-order valence-corrected chi connectivity index (χ1v) is 9.21. The van der Waals surface area contributed by atoms with E-state index in [1.807, 2.05) is 11.0 Å². The number of H-pyrrole nitrogens is 1. The molecule has 1 aromatic carbocycles. The van der Waals surface area contributed by atoms with Crippen molar-refractivity contribution in [1.29, 1.82) is 0 Å². The number of hydrogen-bond acceptors (Lipinski definition) is 4. The van der Waals surface area contributed by atoms with Gasteiger partial charge in [-0.15, -0.1) is 0 Å². The van der Waals surface area contributed by atoms with Crippen LogP contribution in [0.1, 0.15) is 10.4 Å².